The van der Waals surface area contributed by atoms with Gasteiger partial charge in [-0.2, -0.15) is 10.2 Å². The van der Waals surface area contributed by atoms with Gasteiger partial charge in [0.15, 0.2) is 0 Å². The molecule has 3 aliphatic rings. The Labute approximate surface area is 176 Å². The molecule has 0 radical (unpaired) electrons. The van der Waals surface area contributed by atoms with Crippen molar-refractivity contribution in [3.05, 3.63) is 30.4 Å². The molecule has 3 fully saturated rings. The van der Waals surface area contributed by atoms with E-state index < -0.39 is 0 Å². The van der Waals surface area contributed by atoms with Crippen LogP contribution in [0.15, 0.2) is 24.7 Å². The quantitative estimate of drug-likeness (QED) is 0.676. The molecule has 0 unspecified atom stereocenters. The van der Waals surface area contributed by atoms with Gasteiger partial charge in [-0.15, -0.1) is 0 Å². The number of rotatable bonds is 5. The molecule has 0 aliphatic heterocycles. The minimum absolute atomic E-state index is 0.146. The molecule has 0 atom stereocenters. The molecule has 3 heterocycles. The van der Waals surface area contributed by atoms with Crippen LogP contribution < -0.4 is 5.73 Å². The first-order valence-corrected chi connectivity index (χ1v) is 11.5. The third-order valence-corrected chi connectivity index (χ3v) is 7.37. The Morgan fingerprint density at radius 1 is 0.967 bits per heavy atom. The van der Waals surface area contributed by atoms with Crippen LogP contribution in [0.5, 0.6) is 0 Å². The van der Waals surface area contributed by atoms with Crippen LogP contribution in [-0.4, -0.2) is 42.3 Å². The normalized spacial score (nSPS) is 29.3. The van der Waals surface area contributed by atoms with Crippen LogP contribution in [0, 0.1) is 5.92 Å². The summed E-state index contributed by atoms with van der Waals surface area (Å²) in [5.74, 6) is 1.22. The van der Waals surface area contributed by atoms with Gasteiger partial charge in [-0.3, -0.25) is 14.3 Å². The van der Waals surface area contributed by atoms with Crippen molar-refractivity contribution >= 4 is 10.9 Å². The van der Waals surface area contributed by atoms with E-state index in [-0.39, 0.29) is 6.10 Å². The Kier molecular flexibility index (Phi) is 4.42. The third kappa shape index (κ3) is 3.24. The van der Waals surface area contributed by atoms with E-state index in [1.54, 1.807) is 0 Å². The van der Waals surface area contributed by atoms with Gasteiger partial charge >= 0.3 is 0 Å². The maximum absolute atomic E-state index is 9.79. The van der Waals surface area contributed by atoms with Crippen molar-refractivity contribution in [3.8, 4) is 11.3 Å². The average molecular weight is 407 g/mol. The molecule has 6 rings (SSSR count). The Morgan fingerprint density at radius 3 is 2.47 bits per heavy atom. The monoisotopic (exact) mass is 406 g/mol. The second-order valence-corrected chi connectivity index (χ2v) is 9.61. The fraction of sp³-hybridized carbons (Fsp3) is 0.609. The molecule has 3 aliphatic carbocycles. The van der Waals surface area contributed by atoms with Crippen molar-refractivity contribution in [2.75, 3.05) is 6.54 Å². The molecular weight excluding hydrogens is 376 g/mol. The van der Waals surface area contributed by atoms with E-state index >= 15 is 0 Å². The Hall–Kier alpha value is -2.25. The molecule has 3 N–H and O–H groups in total. The van der Waals surface area contributed by atoms with Crippen LogP contribution in [0.2, 0.25) is 0 Å². The molecule has 0 bridgehead atoms. The number of aromatic nitrogens is 5. The standard InChI is InChI=1S/C23H30N6O/c24-10-14-7-18(8-14)29-13-20(23(27-29)15-1-2-15)22-9-21-16(11-25-22)12-28(26-21)17-3-5-19(30)6-4-17/h9,11-15,17-19,30H,1-8,10,24H2. The molecule has 30 heavy (non-hydrogen) atoms. The van der Waals surface area contributed by atoms with Gasteiger partial charge in [0.05, 0.1) is 35.1 Å². The minimum atomic E-state index is -0.146. The Morgan fingerprint density at radius 2 is 1.73 bits per heavy atom. The van der Waals surface area contributed by atoms with Gasteiger partial charge in [0.2, 0.25) is 0 Å². The van der Waals surface area contributed by atoms with Gasteiger partial charge in [0.1, 0.15) is 0 Å². The highest BCUT2D eigenvalue weighted by Gasteiger charge is 2.34. The van der Waals surface area contributed by atoms with Crippen LogP contribution >= 0.6 is 0 Å². The lowest BCUT2D eigenvalue weighted by molar-refractivity contribution is 0.108. The highest BCUT2D eigenvalue weighted by molar-refractivity contribution is 5.81. The summed E-state index contributed by atoms with van der Waals surface area (Å²) < 4.78 is 4.27. The molecule has 0 spiro atoms. The number of pyridine rings is 1. The number of aliphatic hydroxyl groups is 1. The van der Waals surface area contributed by atoms with Gasteiger partial charge in [-0.05, 0) is 69.9 Å². The molecule has 0 aromatic carbocycles. The maximum atomic E-state index is 9.79. The fourth-order valence-corrected chi connectivity index (χ4v) is 5.15. The summed E-state index contributed by atoms with van der Waals surface area (Å²) in [4.78, 5) is 4.80. The molecule has 3 saturated carbocycles. The first-order chi connectivity index (χ1) is 14.7. The lowest BCUT2D eigenvalue weighted by Crippen LogP contribution is -2.32. The van der Waals surface area contributed by atoms with Crippen molar-refractivity contribution in [1.29, 1.82) is 0 Å². The SMILES string of the molecule is NCC1CC(n2cc(-c3cc4nn(C5CCC(O)CC5)cc4cn3)c(C3CC3)n2)C1. The van der Waals surface area contributed by atoms with Gasteiger partial charge in [-0.1, -0.05) is 0 Å². The molecule has 7 heteroatoms. The predicted molar refractivity (Wildman–Crippen MR) is 115 cm³/mol. The van der Waals surface area contributed by atoms with E-state index in [0.29, 0.717) is 23.9 Å². The summed E-state index contributed by atoms with van der Waals surface area (Å²) >= 11 is 0. The largest absolute Gasteiger partial charge is 0.393 e. The van der Waals surface area contributed by atoms with Gasteiger partial charge < -0.3 is 10.8 Å². The van der Waals surface area contributed by atoms with Crippen molar-refractivity contribution in [3.63, 3.8) is 0 Å². The first-order valence-electron chi connectivity index (χ1n) is 11.5. The van der Waals surface area contributed by atoms with Crippen LogP contribution in [0.25, 0.3) is 22.2 Å². The van der Waals surface area contributed by atoms with Crippen LogP contribution in [-0.2, 0) is 0 Å². The van der Waals surface area contributed by atoms with E-state index in [2.05, 4.69) is 27.8 Å². The lowest BCUT2D eigenvalue weighted by Gasteiger charge is -2.34. The Balaban J connectivity index is 1.31. The van der Waals surface area contributed by atoms with E-state index in [1.807, 2.05) is 6.20 Å². The summed E-state index contributed by atoms with van der Waals surface area (Å²) in [7, 11) is 0. The zero-order chi connectivity index (χ0) is 20.2. The van der Waals surface area contributed by atoms with Crippen molar-refractivity contribution in [2.24, 2.45) is 11.7 Å². The second kappa shape index (κ2) is 7.17. The topological polar surface area (TPSA) is 94.8 Å². The number of nitrogens with zero attached hydrogens (tertiary/aromatic N) is 5. The molecule has 0 saturated heterocycles. The lowest BCUT2D eigenvalue weighted by atomic mass is 9.80. The summed E-state index contributed by atoms with van der Waals surface area (Å²) in [5.41, 5.74) is 10.2. The summed E-state index contributed by atoms with van der Waals surface area (Å²) in [6.07, 6.45) is 14.5. The van der Waals surface area contributed by atoms with Crippen LogP contribution in [0.1, 0.15) is 75.1 Å². The predicted octanol–water partition coefficient (Wildman–Crippen LogP) is 3.56. The summed E-state index contributed by atoms with van der Waals surface area (Å²) in [6, 6.07) is 2.98. The summed E-state index contributed by atoms with van der Waals surface area (Å²) in [5, 5.41) is 20.7. The minimum Gasteiger partial charge on any atom is -0.393 e. The number of hydrogen-bond acceptors (Lipinski definition) is 5. The fourth-order valence-electron chi connectivity index (χ4n) is 5.15. The maximum Gasteiger partial charge on any atom is 0.0960 e. The van der Waals surface area contributed by atoms with Crippen LogP contribution in [0.3, 0.4) is 0 Å². The smallest absolute Gasteiger partial charge is 0.0960 e. The molecule has 0 amide bonds. The van der Waals surface area contributed by atoms with E-state index in [9.17, 15) is 5.11 Å². The molecular formula is C23H30N6O. The highest BCUT2D eigenvalue weighted by Crippen LogP contribution is 2.45. The number of hydrogen-bond donors (Lipinski definition) is 2. The summed E-state index contributed by atoms with van der Waals surface area (Å²) in [6.45, 7) is 0.779. The first kappa shape index (κ1) is 18.5. The van der Waals surface area contributed by atoms with E-state index in [4.69, 9.17) is 20.9 Å². The molecule has 7 nitrogen and oxygen atoms in total. The number of fused-ring (bicyclic) bond motifs is 1. The van der Waals surface area contributed by atoms with Crippen molar-refractivity contribution < 1.29 is 5.11 Å². The van der Waals surface area contributed by atoms with E-state index in [0.717, 1.165) is 61.7 Å². The zero-order valence-corrected chi connectivity index (χ0v) is 17.3. The number of nitrogens with two attached hydrogens (primary N) is 1. The van der Waals surface area contributed by atoms with E-state index in [1.165, 1.54) is 24.1 Å². The molecule has 3 aromatic heterocycles. The Bertz CT molecular complexity index is 1050. The van der Waals surface area contributed by atoms with Gasteiger partial charge in [0, 0.05) is 35.5 Å². The number of aliphatic hydroxyl groups excluding tert-OH is 1. The van der Waals surface area contributed by atoms with Crippen molar-refractivity contribution in [2.45, 2.75) is 75.5 Å². The molecule has 3 aromatic rings. The molecule has 158 valence electrons. The highest BCUT2D eigenvalue weighted by atomic mass is 16.3. The zero-order valence-electron chi connectivity index (χ0n) is 17.3. The average Bonchev–Trinajstić information content (AvgIpc) is 3.33. The van der Waals surface area contributed by atoms with Gasteiger partial charge in [0.25, 0.3) is 0 Å². The van der Waals surface area contributed by atoms with Gasteiger partial charge in [-0.25, -0.2) is 0 Å². The van der Waals surface area contributed by atoms with Crippen LogP contribution in [0.4, 0.5) is 0 Å². The second-order valence-electron chi connectivity index (χ2n) is 9.61. The third-order valence-electron chi connectivity index (χ3n) is 7.37. The van der Waals surface area contributed by atoms with Crippen molar-refractivity contribution in [1.82, 2.24) is 24.5 Å².